The van der Waals surface area contributed by atoms with Gasteiger partial charge in [0.15, 0.2) is 0 Å². The third-order valence-electron chi connectivity index (χ3n) is 3.35. The van der Waals surface area contributed by atoms with Crippen molar-refractivity contribution in [3.05, 3.63) is 39.7 Å². The highest BCUT2D eigenvalue weighted by molar-refractivity contribution is 7.15. The van der Waals surface area contributed by atoms with E-state index in [1.54, 1.807) is 11.3 Å². The average molecular weight is 344 g/mol. The summed E-state index contributed by atoms with van der Waals surface area (Å²) in [5.74, 6) is 0.760. The van der Waals surface area contributed by atoms with Crippen LogP contribution >= 0.6 is 35.3 Å². The molecule has 6 heteroatoms. The number of rotatable bonds is 4. The number of aldehydes is 1. The van der Waals surface area contributed by atoms with Crippen LogP contribution in [0.1, 0.15) is 10.4 Å². The van der Waals surface area contributed by atoms with Gasteiger partial charge >= 0.3 is 0 Å². The van der Waals surface area contributed by atoms with Crippen LogP contribution in [0.2, 0.25) is 5.02 Å². The summed E-state index contributed by atoms with van der Waals surface area (Å²) in [5.41, 5.74) is 7.82. The molecule has 1 atom stereocenters. The third kappa shape index (κ3) is 3.24. The maximum atomic E-state index is 10.6. The summed E-state index contributed by atoms with van der Waals surface area (Å²) in [7, 11) is 0. The summed E-state index contributed by atoms with van der Waals surface area (Å²) in [6, 6.07) is 8.02. The minimum absolute atomic E-state index is 0. The maximum Gasteiger partial charge on any atom is 0.141 e. The molecule has 2 aromatic rings. The summed E-state index contributed by atoms with van der Waals surface area (Å²) in [5, 5.41) is 0.624. The van der Waals surface area contributed by atoms with Gasteiger partial charge in [0.25, 0.3) is 0 Å². The highest BCUT2D eigenvalue weighted by Gasteiger charge is 2.25. The molecule has 1 aromatic heterocycles. The number of hydrogen-bond donors (Lipinski definition) is 1. The van der Waals surface area contributed by atoms with E-state index >= 15 is 0 Å². The van der Waals surface area contributed by atoms with E-state index in [0.717, 1.165) is 39.3 Å². The van der Waals surface area contributed by atoms with Crippen molar-refractivity contribution in [2.24, 2.45) is 5.73 Å². The van der Waals surface area contributed by atoms with Crippen LogP contribution in [0.5, 0.6) is 5.75 Å². The molecule has 1 aliphatic heterocycles. The van der Waals surface area contributed by atoms with Crippen LogP contribution in [0, 0.1) is 0 Å². The number of carbonyl (C=O) groups is 1. The molecule has 2 N–H and O–H groups in total. The number of benzene rings is 1. The smallest absolute Gasteiger partial charge is 0.141 e. The molecule has 21 heavy (non-hydrogen) atoms. The first-order valence-electron chi connectivity index (χ1n) is 6.43. The molecule has 2 heterocycles. The third-order valence-corrected chi connectivity index (χ3v) is 4.78. The number of hydrogen-bond acceptors (Lipinski definition) is 4. The second kappa shape index (κ2) is 6.79. The highest BCUT2D eigenvalue weighted by Crippen LogP contribution is 2.40. The van der Waals surface area contributed by atoms with Crippen LogP contribution in [0.4, 0.5) is 0 Å². The molecule has 0 bridgehead atoms. The molecule has 0 amide bonds. The second-order valence-electron chi connectivity index (χ2n) is 4.76. The van der Waals surface area contributed by atoms with Crippen molar-refractivity contribution >= 4 is 41.6 Å². The Hall–Kier alpha value is -1.07. The minimum Gasteiger partial charge on any atom is -0.487 e. The van der Waals surface area contributed by atoms with Crippen LogP contribution in [0.3, 0.4) is 0 Å². The molecular weight excluding hydrogens is 329 g/mol. The molecule has 0 fully saturated rings. The van der Waals surface area contributed by atoms with Crippen LogP contribution in [0.25, 0.3) is 10.4 Å². The first kappa shape index (κ1) is 16.3. The van der Waals surface area contributed by atoms with E-state index in [4.69, 9.17) is 22.1 Å². The van der Waals surface area contributed by atoms with E-state index in [1.807, 2.05) is 18.2 Å². The van der Waals surface area contributed by atoms with Crippen molar-refractivity contribution in [1.29, 1.82) is 0 Å². The summed E-state index contributed by atoms with van der Waals surface area (Å²) in [6.45, 7) is 0.489. The van der Waals surface area contributed by atoms with Gasteiger partial charge in [-0.25, -0.2) is 0 Å². The van der Waals surface area contributed by atoms with Crippen molar-refractivity contribution in [3.63, 3.8) is 0 Å². The van der Waals surface area contributed by atoms with Crippen molar-refractivity contribution in [2.75, 3.05) is 6.54 Å². The fourth-order valence-corrected chi connectivity index (χ4v) is 3.61. The number of halogens is 2. The predicted molar refractivity (Wildman–Crippen MR) is 89.0 cm³/mol. The van der Waals surface area contributed by atoms with Crippen molar-refractivity contribution in [2.45, 2.75) is 18.9 Å². The Bertz CT molecular complexity index is 657. The molecule has 1 aromatic carbocycles. The van der Waals surface area contributed by atoms with Crippen molar-refractivity contribution in [3.8, 4) is 16.2 Å². The first-order valence-corrected chi connectivity index (χ1v) is 7.62. The molecule has 3 nitrogen and oxygen atoms in total. The number of ether oxygens (including phenoxy) is 1. The van der Waals surface area contributed by atoms with E-state index in [0.29, 0.717) is 18.0 Å². The molecule has 0 radical (unpaired) electrons. The van der Waals surface area contributed by atoms with E-state index < -0.39 is 0 Å². The van der Waals surface area contributed by atoms with Gasteiger partial charge in [0, 0.05) is 34.7 Å². The standard InChI is InChI=1S/C15H14ClNO2S.ClH/c16-13-7-9(14-2-1-12(20-14)3-4-18)5-10-6-11(8-17)19-15(10)13;/h1-2,4-5,7,11H,3,6,8,17H2;1H. The lowest BCUT2D eigenvalue weighted by molar-refractivity contribution is -0.107. The van der Waals surface area contributed by atoms with Crippen LogP contribution < -0.4 is 10.5 Å². The van der Waals surface area contributed by atoms with Gasteiger partial charge in [-0.3, -0.25) is 0 Å². The molecule has 0 saturated heterocycles. The lowest BCUT2D eigenvalue weighted by Gasteiger charge is -2.07. The molecule has 0 spiro atoms. The maximum absolute atomic E-state index is 10.6. The predicted octanol–water partition coefficient (Wildman–Crippen LogP) is 3.49. The van der Waals surface area contributed by atoms with Crippen LogP contribution in [-0.2, 0) is 17.6 Å². The van der Waals surface area contributed by atoms with E-state index in [9.17, 15) is 4.79 Å². The lowest BCUT2D eigenvalue weighted by atomic mass is 10.1. The SMILES string of the molecule is Cl.NCC1Cc2cc(-c3ccc(CC=O)s3)cc(Cl)c2O1. The first-order chi connectivity index (χ1) is 9.71. The molecule has 1 unspecified atom stereocenters. The van der Waals surface area contributed by atoms with Gasteiger partial charge in [-0.05, 0) is 29.8 Å². The van der Waals surface area contributed by atoms with Gasteiger partial charge in [-0.1, -0.05) is 11.6 Å². The zero-order chi connectivity index (χ0) is 14.1. The average Bonchev–Trinajstić information content (AvgIpc) is 3.05. The van der Waals surface area contributed by atoms with Crippen molar-refractivity contribution < 1.29 is 9.53 Å². The van der Waals surface area contributed by atoms with Crippen LogP contribution in [0.15, 0.2) is 24.3 Å². The van der Waals surface area contributed by atoms with Gasteiger partial charge in [0.05, 0.1) is 5.02 Å². The Morgan fingerprint density at radius 2 is 2.24 bits per heavy atom. The quantitative estimate of drug-likeness (QED) is 0.864. The zero-order valence-corrected chi connectivity index (χ0v) is 13.6. The normalized spacial score (nSPS) is 16.0. The second-order valence-corrected chi connectivity index (χ2v) is 6.34. The van der Waals surface area contributed by atoms with E-state index in [2.05, 4.69) is 6.07 Å². The largest absolute Gasteiger partial charge is 0.487 e. The molecule has 1 aliphatic rings. The van der Waals surface area contributed by atoms with Gasteiger partial charge in [-0.2, -0.15) is 0 Å². The summed E-state index contributed by atoms with van der Waals surface area (Å²) in [6.07, 6.45) is 2.20. The molecule has 112 valence electrons. The Labute approximate surface area is 138 Å². The topological polar surface area (TPSA) is 52.3 Å². The van der Waals surface area contributed by atoms with Gasteiger partial charge in [0.1, 0.15) is 18.1 Å². The molecule has 0 saturated carbocycles. The summed E-state index contributed by atoms with van der Waals surface area (Å²) >= 11 is 7.91. The van der Waals surface area contributed by atoms with E-state index in [1.165, 1.54) is 0 Å². The lowest BCUT2D eigenvalue weighted by Crippen LogP contribution is -2.24. The number of nitrogens with two attached hydrogens (primary N) is 1. The number of thiophene rings is 1. The van der Waals surface area contributed by atoms with E-state index in [-0.39, 0.29) is 18.5 Å². The minimum atomic E-state index is 0. The Kier molecular flexibility index (Phi) is 5.27. The van der Waals surface area contributed by atoms with Gasteiger partial charge < -0.3 is 15.3 Å². The number of carbonyl (C=O) groups excluding carboxylic acids is 1. The Morgan fingerprint density at radius 1 is 1.43 bits per heavy atom. The summed E-state index contributed by atoms with van der Waals surface area (Å²) in [4.78, 5) is 12.7. The fourth-order valence-electron chi connectivity index (χ4n) is 2.39. The monoisotopic (exact) mass is 343 g/mol. The van der Waals surface area contributed by atoms with Gasteiger partial charge in [0.2, 0.25) is 0 Å². The fraction of sp³-hybridized carbons (Fsp3) is 0.267. The molecule has 0 aliphatic carbocycles. The van der Waals surface area contributed by atoms with Gasteiger partial charge in [-0.15, -0.1) is 23.7 Å². The zero-order valence-electron chi connectivity index (χ0n) is 11.2. The number of fused-ring (bicyclic) bond motifs is 1. The van der Waals surface area contributed by atoms with Crippen LogP contribution in [-0.4, -0.2) is 18.9 Å². The molecular formula is C15H15Cl2NO2S. The highest BCUT2D eigenvalue weighted by atomic mass is 35.5. The molecule has 3 rings (SSSR count). The summed E-state index contributed by atoms with van der Waals surface area (Å²) < 4.78 is 5.72. The Balaban J connectivity index is 0.00000161. The van der Waals surface area contributed by atoms with Crippen molar-refractivity contribution in [1.82, 2.24) is 0 Å². The Morgan fingerprint density at radius 3 is 2.95 bits per heavy atom.